The topological polar surface area (TPSA) is 67.6 Å². The number of ether oxygens (including phenoxy) is 1. The Hall–Kier alpha value is -2.50. The maximum atomic E-state index is 12.8. The van der Waals surface area contributed by atoms with Gasteiger partial charge in [0.25, 0.3) is 5.91 Å². The number of likely N-dealkylation sites (tertiary alicyclic amines) is 1. The van der Waals surface area contributed by atoms with Gasteiger partial charge in [0.15, 0.2) is 0 Å². The van der Waals surface area contributed by atoms with Gasteiger partial charge in [-0.3, -0.25) is 4.79 Å². The molecule has 2 aromatic rings. The summed E-state index contributed by atoms with van der Waals surface area (Å²) in [5, 5.41) is 7.47. The van der Waals surface area contributed by atoms with Crippen molar-refractivity contribution in [3.05, 3.63) is 41.3 Å². The number of carbonyl (C=O) groups excluding carboxylic acids is 1. The van der Waals surface area contributed by atoms with Crippen LogP contribution < -0.4 is 10.1 Å². The van der Waals surface area contributed by atoms with Crippen LogP contribution >= 0.6 is 0 Å². The van der Waals surface area contributed by atoms with Crippen LogP contribution in [0.4, 0.5) is 5.69 Å². The second-order valence-corrected chi connectivity index (χ2v) is 6.73. The van der Waals surface area contributed by atoms with Crippen LogP contribution in [0.3, 0.4) is 0 Å². The van der Waals surface area contributed by atoms with Crippen molar-refractivity contribution in [2.75, 3.05) is 25.0 Å². The second kappa shape index (κ2) is 8.25. The highest BCUT2D eigenvalue weighted by atomic mass is 16.5. The van der Waals surface area contributed by atoms with Crippen molar-refractivity contribution in [1.82, 2.24) is 10.1 Å². The van der Waals surface area contributed by atoms with E-state index in [4.69, 9.17) is 9.26 Å². The van der Waals surface area contributed by atoms with E-state index in [-0.39, 0.29) is 11.9 Å². The summed E-state index contributed by atoms with van der Waals surface area (Å²) in [6, 6.07) is 7.43. The van der Waals surface area contributed by atoms with E-state index in [1.807, 2.05) is 49.9 Å². The predicted octanol–water partition coefficient (Wildman–Crippen LogP) is 4.18. The first-order valence-electron chi connectivity index (χ1n) is 9.34. The molecule has 1 amide bonds. The molecule has 1 atom stereocenters. The van der Waals surface area contributed by atoms with Crippen LogP contribution in [0.2, 0.25) is 0 Å². The average molecular weight is 357 g/mol. The highest BCUT2D eigenvalue weighted by molar-refractivity contribution is 5.95. The van der Waals surface area contributed by atoms with Gasteiger partial charge in [-0.1, -0.05) is 5.16 Å². The third-order valence-electron chi connectivity index (χ3n) is 4.63. The first-order valence-corrected chi connectivity index (χ1v) is 9.34. The maximum Gasteiger partial charge on any atom is 0.253 e. The Morgan fingerprint density at radius 3 is 2.73 bits per heavy atom. The largest absolute Gasteiger partial charge is 0.492 e. The number of rotatable bonds is 6. The Kier molecular flexibility index (Phi) is 5.81. The summed E-state index contributed by atoms with van der Waals surface area (Å²) in [7, 11) is 0. The van der Waals surface area contributed by atoms with E-state index < -0.39 is 0 Å². The van der Waals surface area contributed by atoms with Gasteiger partial charge in [0.1, 0.15) is 17.2 Å². The van der Waals surface area contributed by atoms with E-state index in [1.54, 1.807) is 0 Å². The Balaban J connectivity index is 1.82. The molecule has 3 rings (SSSR count). The molecule has 0 spiro atoms. The summed E-state index contributed by atoms with van der Waals surface area (Å²) in [5.74, 6) is 1.59. The van der Waals surface area contributed by atoms with Crippen LogP contribution in [-0.2, 0) is 0 Å². The van der Waals surface area contributed by atoms with Gasteiger partial charge in [0.2, 0.25) is 0 Å². The summed E-state index contributed by atoms with van der Waals surface area (Å²) in [6.45, 7) is 8.05. The van der Waals surface area contributed by atoms with Crippen molar-refractivity contribution < 1.29 is 14.1 Å². The molecule has 1 aromatic carbocycles. The van der Waals surface area contributed by atoms with Gasteiger partial charge in [0, 0.05) is 24.7 Å². The van der Waals surface area contributed by atoms with Crippen LogP contribution in [-0.4, -0.2) is 35.7 Å². The first kappa shape index (κ1) is 18.3. The third kappa shape index (κ3) is 4.18. The molecule has 1 aliphatic heterocycles. The van der Waals surface area contributed by atoms with Crippen molar-refractivity contribution in [2.45, 2.75) is 46.1 Å². The lowest BCUT2D eigenvalue weighted by atomic mass is 10.1. The van der Waals surface area contributed by atoms with Crippen molar-refractivity contribution in [1.29, 1.82) is 0 Å². The molecular weight excluding hydrogens is 330 g/mol. The summed E-state index contributed by atoms with van der Waals surface area (Å²) in [6.07, 6.45) is 3.36. The summed E-state index contributed by atoms with van der Waals surface area (Å²) >= 11 is 0. The van der Waals surface area contributed by atoms with Crippen molar-refractivity contribution in [3.8, 4) is 5.75 Å². The zero-order valence-corrected chi connectivity index (χ0v) is 15.7. The Labute approximate surface area is 154 Å². The van der Waals surface area contributed by atoms with E-state index in [2.05, 4.69) is 10.5 Å². The third-order valence-corrected chi connectivity index (χ3v) is 4.63. The van der Waals surface area contributed by atoms with Gasteiger partial charge in [-0.15, -0.1) is 0 Å². The van der Waals surface area contributed by atoms with E-state index in [1.165, 1.54) is 6.42 Å². The molecule has 2 heterocycles. The van der Waals surface area contributed by atoms with Crippen LogP contribution in [0.5, 0.6) is 5.75 Å². The molecule has 1 saturated heterocycles. The molecule has 0 bridgehead atoms. The van der Waals surface area contributed by atoms with E-state index >= 15 is 0 Å². The molecule has 26 heavy (non-hydrogen) atoms. The number of nitrogens with one attached hydrogen (secondary N) is 1. The minimum absolute atomic E-state index is 0.0630. The number of benzene rings is 1. The van der Waals surface area contributed by atoms with Crippen LogP contribution in [0.1, 0.15) is 61.0 Å². The first-order chi connectivity index (χ1) is 12.6. The summed E-state index contributed by atoms with van der Waals surface area (Å²) in [5.41, 5.74) is 2.29. The SMILES string of the molecule is CCOc1ccc(C(=O)N2CCCCC2)cc1NC(C)c1cc(C)on1. The number of hydrogen-bond acceptors (Lipinski definition) is 5. The maximum absolute atomic E-state index is 12.8. The number of aromatic nitrogens is 1. The monoisotopic (exact) mass is 357 g/mol. The molecule has 1 N–H and O–H groups in total. The van der Waals surface area contributed by atoms with Crippen molar-refractivity contribution >= 4 is 11.6 Å². The fourth-order valence-corrected chi connectivity index (χ4v) is 3.23. The number of nitrogens with zero attached hydrogens (tertiary/aromatic N) is 2. The molecule has 1 aromatic heterocycles. The van der Waals surface area contributed by atoms with Crippen LogP contribution in [0, 0.1) is 6.92 Å². The number of amides is 1. The smallest absolute Gasteiger partial charge is 0.253 e. The van der Waals surface area contributed by atoms with Gasteiger partial charge in [-0.2, -0.15) is 0 Å². The Bertz CT molecular complexity index is 751. The normalized spacial score (nSPS) is 15.6. The molecule has 6 heteroatoms. The van der Waals surface area contributed by atoms with Gasteiger partial charge >= 0.3 is 0 Å². The summed E-state index contributed by atoms with van der Waals surface area (Å²) < 4.78 is 10.9. The molecule has 140 valence electrons. The zero-order valence-electron chi connectivity index (χ0n) is 15.7. The van der Waals surface area contributed by atoms with Crippen molar-refractivity contribution in [3.63, 3.8) is 0 Å². The molecule has 1 fully saturated rings. The Morgan fingerprint density at radius 1 is 1.31 bits per heavy atom. The lowest BCUT2D eigenvalue weighted by molar-refractivity contribution is 0.0724. The number of hydrogen-bond donors (Lipinski definition) is 1. The van der Waals surface area contributed by atoms with Gasteiger partial charge in [-0.05, 0) is 58.2 Å². The van der Waals surface area contributed by atoms with Gasteiger partial charge in [0.05, 0.1) is 18.3 Å². The van der Waals surface area contributed by atoms with Crippen LogP contribution in [0.15, 0.2) is 28.8 Å². The highest BCUT2D eigenvalue weighted by Gasteiger charge is 2.20. The number of aryl methyl sites for hydroxylation is 1. The standard InChI is InChI=1S/C20H27N3O3/c1-4-25-19-9-8-16(20(24)23-10-6-5-7-11-23)13-18(19)21-15(3)17-12-14(2)26-22-17/h8-9,12-13,15,21H,4-7,10-11H2,1-3H3. The van der Waals surface area contributed by atoms with Gasteiger partial charge in [-0.25, -0.2) is 0 Å². The van der Waals surface area contributed by atoms with Gasteiger partial charge < -0.3 is 19.5 Å². The second-order valence-electron chi connectivity index (χ2n) is 6.73. The lowest BCUT2D eigenvalue weighted by Gasteiger charge is -2.27. The highest BCUT2D eigenvalue weighted by Crippen LogP contribution is 2.30. The molecule has 0 aliphatic carbocycles. The summed E-state index contributed by atoms with van der Waals surface area (Å²) in [4.78, 5) is 14.7. The fraction of sp³-hybridized carbons (Fsp3) is 0.500. The number of carbonyl (C=O) groups is 1. The van der Waals surface area contributed by atoms with E-state index in [0.29, 0.717) is 12.2 Å². The minimum Gasteiger partial charge on any atom is -0.492 e. The molecule has 0 radical (unpaired) electrons. The number of piperidine rings is 1. The lowest BCUT2D eigenvalue weighted by Crippen LogP contribution is -2.35. The number of anilines is 1. The molecule has 6 nitrogen and oxygen atoms in total. The quantitative estimate of drug-likeness (QED) is 0.840. The predicted molar refractivity (Wildman–Crippen MR) is 101 cm³/mol. The van der Waals surface area contributed by atoms with E-state index in [9.17, 15) is 4.79 Å². The molecule has 0 saturated carbocycles. The molecule has 1 unspecified atom stereocenters. The van der Waals surface area contributed by atoms with Crippen molar-refractivity contribution in [2.24, 2.45) is 0 Å². The minimum atomic E-state index is -0.0630. The average Bonchev–Trinajstić information content (AvgIpc) is 3.10. The molecule has 1 aliphatic rings. The van der Waals surface area contributed by atoms with Crippen LogP contribution in [0.25, 0.3) is 0 Å². The Morgan fingerprint density at radius 2 is 2.08 bits per heavy atom. The molecular formula is C20H27N3O3. The zero-order chi connectivity index (χ0) is 18.5. The fourth-order valence-electron chi connectivity index (χ4n) is 3.23. The van der Waals surface area contributed by atoms with E-state index in [0.717, 1.165) is 48.8 Å².